The number of hydrogen-bond acceptors (Lipinski definition) is 4. The number of carbonyl (C=O) groups is 3. The maximum Gasteiger partial charge on any atom is 0.313 e. The van der Waals surface area contributed by atoms with Crippen LogP contribution in [0, 0.1) is 0 Å². The van der Waals surface area contributed by atoms with Gasteiger partial charge in [-0.25, -0.2) is 0 Å². The Labute approximate surface area is 152 Å². The summed E-state index contributed by atoms with van der Waals surface area (Å²) in [6.07, 6.45) is 2.79. The van der Waals surface area contributed by atoms with Crippen LogP contribution in [-0.4, -0.2) is 46.1 Å². The van der Waals surface area contributed by atoms with Crippen molar-refractivity contribution < 1.29 is 19.5 Å². The Hall–Kier alpha value is -2.02. The summed E-state index contributed by atoms with van der Waals surface area (Å²) in [5, 5.41) is 11.6. The highest BCUT2D eigenvalue weighted by Gasteiger charge is 2.33. The molecule has 1 saturated heterocycles. The Morgan fingerprint density at radius 3 is 2.88 bits per heavy atom. The molecule has 1 fully saturated rings. The largest absolute Gasteiger partial charge is 0.481 e. The minimum Gasteiger partial charge on any atom is -0.481 e. The molecular weight excluding hydrogens is 340 g/mol. The highest BCUT2D eigenvalue weighted by Crippen LogP contribution is 2.22. The normalized spacial score (nSPS) is 16.7. The van der Waals surface area contributed by atoms with E-state index in [9.17, 15) is 14.4 Å². The Morgan fingerprint density at radius 1 is 1.36 bits per heavy atom. The number of thioether (sulfide) groups is 1. The highest BCUT2D eigenvalue weighted by atomic mass is 32.2. The third-order valence-corrected chi connectivity index (χ3v) is 5.02. The second kappa shape index (κ2) is 9.46. The van der Waals surface area contributed by atoms with Gasteiger partial charge >= 0.3 is 5.97 Å². The van der Waals surface area contributed by atoms with Crippen LogP contribution in [0.4, 0.5) is 5.69 Å². The first-order valence-corrected chi connectivity index (χ1v) is 9.65. The number of carbonyl (C=O) groups excluding carboxylic acids is 2. The van der Waals surface area contributed by atoms with Gasteiger partial charge in [0.05, 0.1) is 5.75 Å². The number of carboxylic acid groups (broad SMARTS) is 1. The van der Waals surface area contributed by atoms with E-state index in [0.717, 1.165) is 18.4 Å². The van der Waals surface area contributed by atoms with Gasteiger partial charge in [-0.15, -0.1) is 11.8 Å². The second-order valence-corrected chi connectivity index (χ2v) is 7.06. The summed E-state index contributed by atoms with van der Waals surface area (Å²) in [5.74, 6) is -0.336. The Balaban J connectivity index is 1.95. The smallest absolute Gasteiger partial charge is 0.313 e. The van der Waals surface area contributed by atoms with Gasteiger partial charge in [0.1, 0.15) is 6.04 Å². The summed E-state index contributed by atoms with van der Waals surface area (Å²) in [4.78, 5) is 37.0. The number of nitrogens with one attached hydrogen (secondary N) is 1. The summed E-state index contributed by atoms with van der Waals surface area (Å²) in [7, 11) is 0. The van der Waals surface area contributed by atoms with Gasteiger partial charge in [-0.2, -0.15) is 0 Å². The van der Waals surface area contributed by atoms with Crippen LogP contribution in [0.15, 0.2) is 24.3 Å². The average Bonchev–Trinajstić information content (AvgIpc) is 3.05. The van der Waals surface area contributed by atoms with Gasteiger partial charge in [0.25, 0.3) is 0 Å². The molecule has 2 amide bonds. The molecule has 7 heteroatoms. The molecule has 0 aliphatic carbocycles. The molecule has 1 atom stereocenters. The fourth-order valence-electron chi connectivity index (χ4n) is 2.92. The molecule has 6 nitrogen and oxygen atoms in total. The molecule has 1 aromatic carbocycles. The van der Waals surface area contributed by atoms with Crippen LogP contribution in [0.2, 0.25) is 0 Å². The van der Waals surface area contributed by atoms with E-state index in [4.69, 9.17) is 5.11 Å². The van der Waals surface area contributed by atoms with Crippen LogP contribution in [0.3, 0.4) is 0 Å². The van der Waals surface area contributed by atoms with Crippen LogP contribution in [0.1, 0.15) is 38.2 Å². The first-order valence-electron chi connectivity index (χ1n) is 8.50. The molecule has 0 spiro atoms. The van der Waals surface area contributed by atoms with E-state index in [1.165, 1.54) is 11.8 Å². The predicted molar refractivity (Wildman–Crippen MR) is 98.5 cm³/mol. The summed E-state index contributed by atoms with van der Waals surface area (Å²) in [5.41, 5.74) is 1.63. The van der Waals surface area contributed by atoms with E-state index in [0.29, 0.717) is 30.8 Å². The van der Waals surface area contributed by atoms with Gasteiger partial charge < -0.3 is 15.3 Å². The molecule has 0 aromatic heterocycles. The molecule has 0 radical (unpaired) electrons. The molecule has 136 valence electrons. The quantitative estimate of drug-likeness (QED) is 0.741. The maximum absolute atomic E-state index is 12.6. The molecule has 0 bridgehead atoms. The molecule has 1 heterocycles. The zero-order valence-corrected chi connectivity index (χ0v) is 15.2. The monoisotopic (exact) mass is 364 g/mol. The van der Waals surface area contributed by atoms with Crippen molar-refractivity contribution in [3.8, 4) is 0 Å². The molecule has 1 unspecified atom stereocenters. The third kappa shape index (κ3) is 5.77. The number of benzene rings is 1. The molecule has 1 aromatic rings. The van der Waals surface area contributed by atoms with Crippen molar-refractivity contribution in [1.29, 1.82) is 0 Å². The minimum absolute atomic E-state index is 0.0407. The average molecular weight is 364 g/mol. The fourth-order valence-corrected chi connectivity index (χ4v) is 3.61. The van der Waals surface area contributed by atoms with Gasteiger partial charge in [-0.05, 0) is 37.0 Å². The second-order valence-electron chi connectivity index (χ2n) is 6.07. The van der Waals surface area contributed by atoms with E-state index < -0.39 is 12.0 Å². The lowest BCUT2D eigenvalue weighted by Gasteiger charge is -2.24. The van der Waals surface area contributed by atoms with Gasteiger partial charge in [0, 0.05) is 24.4 Å². The number of aliphatic carboxylic acids is 1. The van der Waals surface area contributed by atoms with Gasteiger partial charge in [-0.1, -0.05) is 19.1 Å². The van der Waals surface area contributed by atoms with Crippen molar-refractivity contribution in [3.63, 3.8) is 0 Å². The van der Waals surface area contributed by atoms with Crippen molar-refractivity contribution in [2.45, 2.75) is 44.4 Å². The van der Waals surface area contributed by atoms with E-state index in [-0.39, 0.29) is 17.6 Å². The fraction of sp³-hybridized carbons (Fsp3) is 0.500. The van der Waals surface area contributed by atoms with Crippen LogP contribution in [-0.2, 0) is 20.1 Å². The molecule has 2 N–H and O–H groups in total. The summed E-state index contributed by atoms with van der Waals surface area (Å²) in [6, 6.07) is 6.98. The molecule has 0 saturated carbocycles. The van der Waals surface area contributed by atoms with E-state index >= 15 is 0 Å². The van der Waals surface area contributed by atoms with E-state index in [2.05, 4.69) is 5.32 Å². The first kappa shape index (κ1) is 19.3. The predicted octanol–water partition coefficient (Wildman–Crippen LogP) is 2.73. The minimum atomic E-state index is -0.840. The van der Waals surface area contributed by atoms with Crippen molar-refractivity contribution in [2.24, 2.45) is 0 Å². The Bertz CT molecular complexity index is 635. The lowest BCUT2D eigenvalue weighted by Crippen LogP contribution is -2.43. The molecule has 2 rings (SSSR count). The lowest BCUT2D eigenvalue weighted by molar-refractivity contribution is -0.136. The van der Waals surface area contributed by atoms with Crippen LogP contribution < -0.4 is 5.32 Å². The van der Waals surface area contributed by atoms with Crippen LogP contribution >= 0.6 is 11.8 Å². The van der Waals surface area contributed by atoms with Crippen molar-refractivity contribution in [2.75, 3.05) is 17.6 Å². The van der Waals surface area contributed by atoms with Gasteiger partial charge in [0.15, 0.2) is 0 Å². The number of rotatable bonds is 8. The first-order chi connectivity index (χ1) is 12.0. The summed E-state index contributed by atoms with van der Waals surface area (Å²) >= 11 is 1.31. The number of carboxylic acids is 1. The summed E-state index contributed by atoms with van der Waals surface area (Å²) < 4.78 is 0. The van der Waals surface area contributed by atoms with Crippen molar-refractivity contribution in [3.05, 3.63) is 29.8 Å². The highest BCUT2D eigenvalue weighted by molar-refractivity contribution is 7.99. The van der Waals surface area contributed by atoms with Gasteiger partial charge in [0.2, 0.25) is 11.8 Å². The van der Waals surface area contributed by atoms with Crippen molar-refractivity contribution in [1.82, 2.24) is 4.90 Å². The maximum atomic E-state index is 12.6. The van der Waals surface area contributed by atoms with Gasteiger partial charge in [-0.3, -0.25) is 14.4 Å². The molecular formula is C18H24N2O4S. The third-order valence-electron chi connectivity index (χ3n) is 4.03. The number of hydrogen-bond donors (Lipinski definition) is 2. The van der Waals surface area contributed by atoms with E-state index in [1.807, 2.05) is 25.1 Å². The van der Waals surface area contributed by atoms with E-state index in [1.54, 1.807) is 11.0 Å². The zero-order valence-electron chi connectivity index (χ0n) is 14.4. The van der Waals surface area contributed by atoms with Crippen LogP contribution in [0.5, 0.6) is 0 Å². The molecule has 1 aliphatic rings. The number of anilines is 1. The van der Waals surface area contributed by atoms with Crippen LogP contribution in [0.25, 0.3) is 0 Å². The van der Waals surface area contributed by atoms with Crippen molar-refractivity contribution >= 4 is 35.2 Å². The Kier molecular flexibility index (Phi) is 7.31. The molecule has 25 heavy (non-hydrogen) atoms. The molecule has 1 aliphatic heterocycles. The Morgan fingerprint density at radius 2 is 2.16 bits per heavy atom. The zero-order chi connectivity index (χ0) is 18.2. The lowest BCUT2D eigenvalue weighted by atomic mass is 10.1. The number of nitrogens with zero attached hydrogens (tertiary/aromatic N) is 1. The number of likely N-dealkylation sites (tertiary alicyclic amines) is 1. The standard InChI is InChI=1S/C18H24N2O4S/c1-2-5-16(21)20-9-4-8-15(20)18(24)19-14-7-3-6-13(10-14)11-25-12-17(22)23/h3,6-7,10,15H,2,4-5,8-9,11-12H2,1H3,(H,19,24)(H,22,23). The number of amides is 2. The topological polar surface area (TPSA) is 86.7 Å². The summed E-state index contributed by atoms with van der Waals surface area (Å²) in [6.45, 7) is 2.60. The SMILES string of the molecule is CCCC(=O)N1CCCC1C(=O)Nc1cccc(CSCC(=O)O)c1.